The van der Waals surface area contributed by atoms with Crippen molar-refractivity contribution >= 4 is 0 Å². The largest absolute Gasteiger partial charge is 0.313 e. The Morgan fingerprint density at radius 1 is 1.33 bits per heavy atom. The van der Waals surface area contributed by atoms with Gasteiger partial charge in [0.2, 0.25) is 0 Å². The van der Waals surface area contributed by atoms with Crippen LogP contribution in [0.15, 0.2) is 43.0 Å². The van der Waals surface area contributed by atoms with Gasteiger partial charge in [0.25, 0.3) is 0 Å². The fourth-order valence-corrected chi connectivity index (χ4v) is 1.65. The number of nitrogens with one attached hydrogen (secondary N) is 1. The molecule has 82 valence electrons. The third-order valence-corrected chi connectivity index (χ3v) is 2.60. The molecule has 0 amide bonds. The molecule has 1 unspecified atom stereocenters. The van der Waals surface area contributed by atoms with Gasteiger partial charge in [-0.15, -0.1) is 6.58 Å². The predicted molar refractivity (Wildman–Crippen MR) is 67.0 cm³/mol. The predicted octanol–water partition coefficient (Wildman–Crippen LogP) is 3.17. The van der Waals surface area contributed by atoms with Crippen molar-refractivity contribution < 1.29 is 0 Å². The maximum Gasteiger partial charge on any atom is 0.0105 e. The Bertz CT molecular complexity index is 266. The van der Waals surface area contributed by atoms with Crippen LogP contribution in [-0.2, 0) is 6.42 Å². The van der Waals surface area contributed by atoms with Crippen molar-refractivity contribution in [2.24, 2.45) is 0 Å². The molecule has 0 spiro atoms. The average Bonchev–Trinajstić information content (AvgIpc) is 2.29. The van der Waals surface area contributed by atoms with Gasteiger partial charge < -0.3 is 5.32 Å². The third kappa shape index (κ3) is 4.80. The number of hydrogen-bond acceptors (Lipinski definition) is 1. The highest BCUT2D eigenvalue weighted by Gasteiger charge is 2.05. The lowest BCUT2D eigenvalue weighted by Gasteiger charge is -2.16. The molecule has 0 saturated heterocycles. The van der Waals surface area contributed by atoms with Crippen LogP contribution in [0, 0.1) is 0 Å². The summed E-state index contributed by atoms with van der Waals surface area (Å²) in [5.41, 5.74) is 1.41. The molecule has 0 saturated carbocycles. The maximum absolute atomic E-state index is 3.73. The number of hydrogen-bond donors (Lipinski definition) is 1. The lowest BCUT2D eigenvalue weighted by Crippen LogP contribution is -2.31. The zero-order valence-electron chi connectivity index (χ0n) is 9.58. The molecule has 0 bridgehead atoms. The molecule has 1 aromatic rings. The second-order valence-corrected chi connectivity index (χ2v) is 3.83. The van der Waals surface area contributed by atoms with E-state index in [1.165, 1.54) is 12.0 Å². The molecule has 1 aromatic carbocycles. The van der Waals surface area contributed by atoms with Crippen LogP contribution in [0.1, 0.15) is 25.3 Å². The SMILES string of the molecule is C=CCCNC(CC)Cc1ccccc1. The zero-order valence-corrected chi connectivity index (χ0v) is 9.58. The Morgan fingerprint density at radius 2 is 2.07 bits per heavy atom. The lowest BCUT2D eigenvalue weighted by molar-refractivity contribution is 0.500. The molecule has 0 heterocycles. The molecule has 15 heavy (non-hydrogen) atoms. The highest BCUT2D eigenvalue weighted by molar-refractivity contribution is 5.15. The van der Waals surface area contributed by atoms with Crippen molar-refractivity contribution in [2.45, 2.75) is 32.2 Å². The smallest absolute Gasteiger partial charge is 0.0105 e. The number of benzene rings is 1. The van der Waals surface area contributed by atoms with Crippen molar-refractivity contribution in [1.29, 1.82) is 0 Å². The molecule has 0 fully saturated rings. The van der Waals surface area contributed by atoms with Crippen molar-refractivity contribution in [1.82, 2.24) is 5.32 Å². The Labute approximate surface area is 93.2 Å². The van der Waals surface area contributed by atoms with Gasteiger partial charge in [0, 0.05) is 6.04 Å². The summed E-state index contributed by atoms with van der Waals surface area (Å²) in [6.45, 7) is 6.99. The second kappa shape index (κ2) is 7.24. The fraction of sp³-hybridized carbons (Fsp3) is 0.429. The van der Waals surface area contributed by atoms with Gasteiger partial charge in [-0.2, -0.15) is 0 Å². The third-order valence-electron chi connectivity index (χ3n) is 2.60. The summed E-state index contributed by atoms with van der Waals surface area (Å²) in [6.07, 6.45) is 5.30. The monoisotopic (exact) mass is 203 g/mol. The molecule has 1 nitrogen and oxygen atoms in total. The summed E-state index contributed by atoms with van der Waals surface area (Å²) in [5, 5.41) is 3.55. The molecule has 1 N–H and O–H groups in total. The van der Waals surface area contributed by atoms with Crippen LogP contribution >= 0.6 is 0 Å². The first-order valence-corrected chi connectivity index (χ1v) is 5.75. The molecule has 0 aliphatic carbocycles. The first-order chi connectivity index (χ1) is 7.36. The Kier molecular flexibility index (Phi) is 5.79. The zero-order chi connectivity index (χ0) is 10.9. The normalized spacial score (nSPS) is 12.3. The molecular weight excluding hydrogens is 182 g/mol. The average molecular weight is 203 g/mol. The number of rotatable bonds is 7. The van der Waals surface area contributed by atoms with Crippen molar-refractivity contribution in [2.75, 3.05) is 6.54 Å². The Hall–Kier alpha value is -1.08. The van der Waals surface area contributed by atoms with Gasteiger partial charge in [-0.3, -0.25) is 0 Å². The molecule has 0 aliphatic heterocycles. The quantitative estimate of drug-likeness (QED) is 0.530. The van der Waals surface area contributed by atoms with E-state index in [2.05, 4.69) is 49.2 Å². The fourth-order valence-electron chi connectivity index (χ4n) is 1.65. The van der Waals surface area contributed by atoms with E-state index in [1.807, 2.05) is 6.08 Å². The van der Waals surface area contributed by atoms with E-state index >= 15 is 0 Å². The minimum absolute atomic E-state index is 0.590. The standard InChI is InChI=1S/C14H21N/c1-3-5-11-15-14(4-2)12-13-9-7-6-8-10-13/h3,6-10,14-15H,1,4-5,11-12H2,2H3. The van der Waals surface area contributed by atoms with E-state index in [0.29, 0.717) is 6.04 Å². The summed E-state index contributed by atoms with van der Waals surface area (Å²) in [6, 6.07) is 11.2. The van der Waals surface area contributed by atoms with Crippen LogP contribution in [0.2, 0.25) is 0 Å². The summed E-state index contributed by atoms with van der Waals surface area (Å²) in [5.74, 6) is 0. The first kappa shape index (κ1) is 12.0. The van der Waals surface area contributed by atoms with E-state index in [-0.39, 0.29) is 0 Å². The summed E-state index contributed by atoms with van der Waals surface area (Å²) < 4.78 is 0. The lowest BCUT2D eigenvalue weighted by atomic mass is 10.0. The van der Waals surface area contributed by atoms with Crippen LogP contribution in [0.4, 0.5) is 0 Å². The van der Waals surface area contributed by atoms with Gasteiger partial charge in [-0.1, -0.05) is 43.3 Å². The highest BCUT2D eigenvalue weighted by Crippen LogP contribution is 2.05. The van der Waals surface area contributed by atoms with Crippen LogP contribution in [0.5, 0.6) is 0 Å². The van der Waals surface area contributed by atoms with Gasteiger partial charge in [0.1, 0.15) is 0 Å². The molecule has 0 aromatic heterocycles. The van der Waals surface area contributed by atoms with Gasteiger partial charge in [-0.25, -0.2) is 0 Å². The molecule has 1 rings (SSSR count). The maximum atomic E-state index is 3.73. The van der Waals surface area contributed by atoms with E-state index in [9.17, 15) is 0 Å². The van der Waals surface area contributed by atoms with Gasteiger partial charge in [0.15, 0.2) is 0 Å². The molecular formula is C14H21N. The van der Waals surface area contributed by atoms with Gasteiger partial charge in [0.05, 0.1) is 0 Å². The van der Waals surface area contributed by atoms with Crippen LogP contribution in [0.25, 0.3) is 0 Å². The summed E-state index contributed by atoms with van der Waals surface area (Å²) in [4.78, 5) is 0. The van der Waals surface area contributed by atoms with Crippen LogP contribution < -0.4 is 5.32 Å². The van der Waals surface area contributed by atoms with Crippen molar-refractivity contribution in [3.63, 3.8) is 0 Å². The van der Waals surface area contributed by atoms with Crippen LogP contribution in [-0.4, -0.2) is 12.6 Å². The second-order valence-electron chi connectivity index (χ2n) is 3.83. The molecule has 0 radical (unpaired) electrons. The van der Waals surface area contributed by atoms with Gasteiger partial charge in [-0.05, 0) is 31.4 Å². The molecule has 1 heteroatoms. The minimum atomic E-state index is 0.590. The minimum Gasteiger partial charge on any atom is -0.313 e. The highest BCUT2D eigenvalue weighted by atomic mass is 14.9. The van der Waals surface area contributed by atoms with E-state index in [4.69, 9.17) is 0 Å². The Balaban J connectivity index is 2.36. The van der Waals surface area contributed by atoms with Crippen molar-refractivity contribution in [3.8, 4) is 0 Å². The van der Waals surface area contributed by atoms with E-state index in [0.717, 1.165) is 19.4 Å². The van der Waals surface area contributed by atoms with E-state index < -0.39 is 0 Å². The Morgan fingerprint density at radius 3 is 2.67 bits per heavy atom. The molecule has 0 aliphatic rings. The van der Waals surface area contributed by atoms with Crippen LogP contribution in [0.3, 0.4) is 0 Å². The summed E-state index contributed by atoms with van der Waals surface area (Å²) >= 11 is 0. The van der Waals surface area contributed by atoms with Gasteiger partial charge >= 0.3 is 0 Å². The topological polar surface area (TPSA) is 12.0 Å². The molecule has 1 atom stereocenters. The van der Waals surface area contributed by atoms with Crippen molar-refractivity contribution in [3.05, 3.63) is 48.6 Å². The van der Waals surface area contributed by atoms with E-state index in [1.54, 1.807) is 0 Å². The summed E-state index contributed by atoms with van der Waals surface area (Å²) in [7, 11) is 0. The first-order valence-electron chi connectivity index (χ1n) is 5.75.